The van der Waals surface area contributed by atoms with Gasteiger partial charge in [-0.15, -0.1) is 0 Å². The van der Waals surface area contributed by atoms with Crippen LogP contribution in [-0.4, -0.2) is 52.9 Å². The topological polar surface area (TPSA) is 165 Å². The number of rotatable bonds is 8. The zero-order valence-corrected chi connectivity index (χ0v) is 22.8. The molecule has 2 atom stereocenters. The smallest absolute Gasteiger partial charge is 0.407 e. The van der Waals surface area contributed by atoms with Gasteiger partial charge in [-0.1, -0.05) is 49.0 Å². The van der Waals surface area contributed by atoms with Crippen molar-refractivity contribution in [2.24, 2.45) is 5.73 Å². The number of benzene rings is 1. The highest BCUT2D eigenvalue weighted by Gasteiger charge is 2.39. The number of nitrogens with one attached hydrogen (secondary N) is 1. The molecular weight excluding hydrogens is 504 g/mol. The van der Waals surface area contributed by atoms with Gasteiger partial charge in [0.2, 0.25) is 5.91 Å². The number of hydrogen-bond acceptors (Lipinski definition) is 9. The van der Waals surface area contributed by atoms with E-state index in [4.69, 9.17) is 10.5 Å². The Morgan fingerprint density at radius 1 is 1.26 bits per heavy atom. The summed E-state index contributed by atoms with van der Waals surface area (Å²) in [6.07, 6.45) is 0.0661. The van der Waals surface area contributed by atoms with E-state index in [9.17, 15) is 25.2 Å². The molecule has 0 spiro atoms. The first-order valence-electron chi connectivity index (χ1n) is 12.2. The van der Waals surface area contributed by atoms with Gasteiger partial charge in [0, 0.05) is 13.1 Å². The molecule has 0 aliphatic carbocycles. The third-order valence-corrected chi connectivity index (χ3v) is 7.27. The number of ether oxygens (including phenoxy) is 1. The van der Waals surface area contributed by atoms with Gasteiger partial charge in [0.25, 0.3) is 0 Å². The number of pyridine rings is 1. The van der Waals surface area contributed by atoms with Crippen molar-refractivity contribution in [3.8, 4) is 12.1 Å². The summed E-state index contributed by atoms with van der Waals surface area (Å²) in [5.41, 5.74) is 5.42. The Morgan fingerprint density at radius 2 is 1.92 bits per heavy atom. The van der Waals surface area contributed by atoms with E-state index in [0.717, 1.165) is 11.8 Å². The van der Waals surface area contributed by atoms with Crippen LogP contribution >= 0.6 is 11.8 Å². The van der Waals surface area contributed by atoms with Gasteiger partial charge >= 0.3 is 6.09 Å². The summed E-state index contributed by atoms with van der Waals surface area (Å²) in [6, 6.07) is 13.3. The average Bonchev–Trinajstić information content (AvgIpc) is 3.26. The number of nitriles is 2. The van der Waals surface area contributed by atoms with Gasteiger partial charge in [0.05, 0.1) is 17.7 Å². The van der Waals surface area contributed by atoms with Crippen molar-refractivity contribution in [1.82, 2.24) is 10.3 Å². The molecule has 38 heavy (non-hydrogen) atoms. The zero-order chi connectivity index (χ0) is 28.1. The van der Waals surface area contributed by atoms with Gasteiger partial charge < -0.3 is 25.8 Å². The van der Waals surface area contributed by atoms with E-state index < -0.39 is 28.5 Å². The third-order valence-electron chi connectivity index (χ3n) is 6.01. The summed E-state index contributed by atoms with van der Waals surface area (Å²) >= 11 is 1.06. The van der Waals surface area contributed by atoms with Crippen molar-refractivity contribution >= 4 is 29.6 Å². The highest BCUT2D eigenvalue weighted by atomic mass is 32.2. The second-order valence-corrected chi connectivity index (χ2v) is 11.2. The van der Waals surface area contributed by atoms with Gasteiger partial charge in [0.1, 0.15) is 39.4 Å². The second kappa shape index (κ2) is 11.7. The number of aliphatic hydroxyl groups is 1. The van der Waals surface area contributed by atoms with E-state index in [0.29, 0.717) is 36.3 Å². The summed E-state index contributed by atoms with van der Waals surface area (Å²) in [4.78, 5) is 30.9. The lowest BCUT2D eigenvalue weighted by Gasteiger charge is -2.27. The van der Waals surface area contributed by atoms with Gasteiger partial charge in [-0.2, -0.15) is 10.5 Å². The number of primary amides is 1. The molecule has 2 heterocycles. The van der Waals surface area contributed by atoms with Crippen molar-refractivity contribution in [3.05, 3.63) is 52.6 Å². The Morgan fingerprint density at radius 3 is 2.47 bits per heavy atom. The van der Waals surface area contributed by atoms with Crippen LogP contribution in [0.15, 0.2) is 35.4 Å². The highest BCUT2D eigenvalue weighted by Crippen LogP contribution is 2.40. The van der Waals surface area contributed by atoms with E-state index in [1.54, 1.807) is 49.9 Å². The quantitative estimate of drug-likeness (QED) is 0.430. The molecule has 200 valence electrons. The SMILES string of the molecule is CCc1c(C#N)c(S[C@@H](C(N)=O)c2ccccc2)nc(N2CC[C@](O)(CNC(=O)OC(C)(C)C)C2)c1C#N. The molecule has 10 nitrogen and oxygen atoms in total. The van der Waals surface area contributed by atoms with Crippen LogP contribution in [0.5, 0.6) is 0 Å². The molecule has 11 heteroatoms. The summed E-state index contributed by atoms with van der Waals surface area (Å²) < 4.78 is 5.25. The Balaban J connectivity index is 1.95. The van der Waals surface area contributed by atoms with E-state index in [1.165, 1.54) is 0 Å². The van der Waals surface area contributed by atoms with Gasteiger partial charge in [-0.25, -0.2) is 9.78 Å². The zero-order valence-electron chi connectivity index (χ0n) is 21.9. The molecule has 3 rings (SSSR count). The van der Waals surface area contributed by atoms with Gasteiger partial charge in [-0.05, 0) is 44.7 Å². The van der Waals surface area contributed by atoms with Crippen molar-refractivity contribution in [2.75, 3.05) is 24.5 Å². The number of nitrogens with zero attached hydrogens (tertiary/aromatic N) is 4. The lowest BCUT2D eigenvalue weighted by molar-refractivity contribution is -0.117. The first-order valence-corrected chi connectivity index (χ1v) is 13.1. The Labute approximate surface area is 226 Å². The Kier molecular flexibility index (Phi) is 8.87. The monoisotopic (exact) mass is 536 g/mol. The summed E-state index contributed by atoms with van der Waals surface area (Å²) in [5.74, 6) is -0.269. The maximum absolute atomic E-state index is 12.4. The fourth-order valence-electron chi connectivity index (χ4n) is 4.26. The number of thioether (sulfide) groups is 1. The fourth-order valence-corrected chi connectivity index (χ4v) is 5.32. The normalized spacial score (nSPS) is 17.8. The molecule has 0 unspecified atom stereocenters. The molecule has 2 amide bonds. The lowest BCUT2D eigenvalue weighted by Crippen LogP contribution is -2.46. The van der Waals surface area contributed by atoms with E-state index in [2.05, 4.69) is 22.4 Å². The van der Waals surface area contributed by atoms with Crippen molar-refractivity contribution in [3.63, 3.8) is 0 Å². The first kappa shape index (κ1) is 28.8. The number of β-amino-alcohol motifs (C(OH)–C–C–N with tert-alkyl or cyclic N) is 1. The Bertz CT molecular complexity index is 1280. The number of carbonyl (C=O) groups is 2. The maximum Gasteiger partial charge on any atom is 0.407 e. The van der Waals surface area contributed by atoms with E-state index in [1.807, 2.05) is 13.0 Å². The van der Waals surface area contributed by atoms with Crippen molar-refractivity contribution < 1.29 is 19.4 Å². The molecule has 1 fully saturated rings. The molecule has 1 aromatic carbocycles. The number of carbonyl (C=O) groups excluding carboxylic acids is 2. The first-order chi connectivity index (χ1) is 17.9. The molecule has 1 aliphatic heterocycles. The van der Waals surface area contributed by atoms with Crippen molar-refractivity contribution in [1.29, 1.82) is 10.5 Å². The molecule has 0 bridgehead atoms. The largest absolute Gasteiger partial charge is 0.444 e. The molecule has 1 saturated heterocycles. The van der Waals surface area contributed by atoms with Crippen LogP contribution in [0.25, 0.3) is 0 Å². The molecule has 1 aromatic heterocycles. The molecular formula is C27H32N6O4S. The van der Waals surface area contributed by atoms with Crippen LogP contribution in [0.2, 0.25) is 0 Å². The number of alkyl carbamates (subject to hydrolysis) is 1. The summed E-state index contributed by atoms with van der Waals surface area (Å²) in [6.45, 7) is 7.51. The number of amides is 2. The van der Waals surface area contributed by atoms with Gasteiger partial charge in [-0.3, -0.25) is 4.79 Å². The summed E-state index contributed by atoms with van der Waals surface area (Å²) in [7, 11) is 0. The number of hydrogen-bond donors (Lipinski definition) is 3. The van der Waals surface area contributed by atoms with Crippen LogP contribution in [0, 0.1) is 22.7 Å². The second-order valence-electron chi connectivity index (χ2n) is 10.1. The number of nitrogens with two attached hydrogens (primary N) is 1. The highest BCUT2D eigenvalue weighted by molar-refractivity contribution is 8.00. The number of anilines is 1. The lowest BCUT2D eigenvalue weighted by atomic mass is 10.0. The van der Waals surface area contributed by atoms with E-state index in [-0.39, 0.29) is 29.2 Å². The fraction of sp³-hybridized carbons (Fsp3) is 0.444. The average molecular weight is 537 g/mol. The van der Waals surface area contributed by atoms with E-state index >= 15 is 0 Å². The van der Waals surface area contributed by atoms with Crippen LogP contribution < -0.4 is 16.0 Å². The minimum atomic E-state index is -1.28. The van der Waals surface area contributed by atoms with Crippen molar-refractivity contribution in [2.45, 2.75) is 62.0 Å². The molecule has 0 saturated carbocycles. The molecule has 4 N–H and O–H groups in total. The molecule has 2 aromatic rings. The standard InChI is InChI=1S/C27H32N6O4S/c1-5-18-19(13-28)23(33-12-11-27(36,16-33)15-31-25(35)37-26(2,3)4)32-24(20(18)14-29)38-21(22(30)34)17-9-7-6-8-10-17/h6-10,21,36H,5,11-12,15-16H2,1-4H3,(H2,30,34)(H,31,35)/t21-,27+/m1/s1. The summed E-state index contributed by atoms with van der Waals surface area (Å²) in [5, 5.41) is 33.3. The predicted molar refractivity (Wildman–Crippen MR) is 143 cm³/mol. The minimum Gasteiger partial charge on any atom is -0.444 e. The predicted octanol–water partition coefficient (Wildman–Crippen LogP) is 3.17. The van der Waals surface area contributed by atoms with Crippen LogP contribution in [0.4, 0.5) is 10.6 Å². The minimum absolute atomic E-state index is 0.0451. The number of aromatic nitrogens is 1. The molecule has 0 radical (unpaired) electrons. The molecule has 1 aliphatic rings. The van der Waals surface area contributed by atoms with Crippen LogP contribution in [0.1, 0.15) is 61.6 Å². The maximum atomic E-state index is 12.4. The van der Waals surface area contributed by atoms with Crippen LogP contribution in [0.3, 0.4) is 0 Å². The van der Waals surface area contributed by atoms with Crippen LogP contribution in [-0.2, 0) is 16.0 Å². The Hall–Kier alpha value is -3.80. The third kappa shape index (κ3) is 6.74. The van der Waals surface area contributed by atoms with Gasteiger partial charge in [0.15, 0.2) is 0 Å².